The van der Waals surface area contributed by atoms with Crippen LogP contribution in [-0.4, -0.2) is 23.5 Å². The zero-order valence-corrected chi connectivity index (χ0v) is 7.16. The summed E-state index contributed by atoms with van der Waals surface area (Å²) in [7, 11) is 2.60. The molecular weight excluding hydrogens is 133 g/mol. The Bertz CT molecular complexity index is 87.1. The number of hydrogen-bond donors (Lipinski definition) is 0. The molecule has 3 heteroatoms. The summed E-state index contributed by atoms with van der Waals surface area (Å²) in [6, 6.07) is 0.359. The molecule has 0 bridgehead atoms. The predicted octanol–water partition coefficient (Wildman–Crippen LogP) is 1.08. The molecule has 0 aromatic carbocycles. The van der Waals surface area contributed by atoms with Crippen LogP contribution < -0.4 is 0 Å². The Morgan fingerprint density at radius 3 is 2.67 bits per heavy atom. The smallest absolute Gasteiger partial charge is 0.121 e. The molecule has 54 valence electrons. The van der Waals surface area contributed by atoms with Gasteiger partial charge in [0.25, 0.3) is 0 Å². The summed E-state index contributed by atoms with van der Waals surface area (Å²) in [6.45, 7) is 5.07. The molecule has 0 amide bonds. The van der Waals surface area contributed by atoms with E-state index in [-0.39, 0.29) is 0 Å². The molecule has 0 aliphatic carbocycles. The van der Waals surface area contributed by atoms with Gasteiger partial charge in [0.15, 0.2) is 0 Å². The second-order valence-electron chi connectivity index (χ2n) is 2.08. The van der Waals surface area contributed by atoms with Crippen LogP contribution in [0.3, 0.4) is 0 Å². The van der Waals surface area contributed by atoms with Crippen LogP contribution in [0.5, 0.6) is 0 Å². The molecule has 2 atom stereocenters. The maximum absolute atomic E-state index is 10.00. The molecule has 0 radical (unpaired) electrons. The van der Waals surface area contributed by atoms with E-state index in [1.807, 2.05) is 6.92 Å². The van der Waals surface area contributed by atoms with Crippen molar-refractivity contribution < 1.29 is 4.79 Å². The summed E-state index contributed by atoms with van der Waals surface area (Å²) in [4.78, 5) is 10.00. The average molecular weight is 147 g/mol. The van der Waals surface area contributed by atoms with Gasteiger partial charge in [-0.3, -0.25) is 4.67 Å². The summed E-state index contributed by atoms with van der Waals surface area (Å²) in [5, 5.41) is 0. The van der Waals surface area contributed by atoms with E-state index in [1.54, 1.807) is 0 Å². The molecule has 0 saturated carbocycles. The van der Waals surface area contributed by atoms with Crippen LogP contribution in [0.1, 0.15) is 20.3 Å². The van der Waals surface area contributed by atoms with E-state index in [9.17, 15) is 4.79 Å². The topological polar surface area (TPSA) is 20.3 Å². The highest BCUT2D eigenvalue weighted by Gasteiger charge is 2.04. The third-order valence-corrected chi connectivity index (χ3v) is 2.24. The van der Waals surface area contributed by atoms with Crippen molar-refractivity contribution in [1.29, 1.82) is 0 Å². The molecule has 0 aliphatic heterocycles. The van der Waals surface area contributed by atoms with Crippen molar-refractivity contribution in [3.8, 4) is 0 Å². The molecule has 0 fully saturated rings. The number of carbonyl (C=O) groups excluding carboxylic acids is 1. The van der Waals surface area contributed by atoms with Crippen LogP contribution in [-0.2, 0) is 4.79 Å². The van der Waals surface area contributed by atoms with E-state index in [0.717, 1.165) is 12.8 Å². The number of carbonyl (C=O) groups is 1. The van der Waals surface area contributed by atoms with E-state index < -0.39 is 0 Å². The van der Waals surface area contributed by atoms with Crippen LogP contribution in [0.4, 0.5) is 0 Å². The van der Waals surface area contributed by atoms with Crippen LogP contribution in [0, 0.1) is 0 Å². The second kappa shape index (κ2) is 4.89. The van der Waals surface area contributed by atoms with Gasteiger partial charge in [0.2, 0.25) is 0 Å². The monoisotopic (exact) mass is 147 g/mol. The van der Waals surface area contributed by atoms with Gasteiger partial charge in [0.05, 0.1) is 0 Å². The van der Waals surface area contributed by atoms with Crippen LogP contribution >= 0.6 is 9.39 Å². The normalized spacial score (nSPS) is 13.8. The minimum atomic E-state index is 0.359. The Morgan fingerprint density at radius 1 is 1.78 bits per heavy atom. The van der Waals surface area contributed by atoms with Gasteiger partial charge in [0.1, 0.15) is 6.29 Å². The zero-order chi connectivity index (χ0) is 7.28. The molecule has 2 nitrogen and oxygen atoms in total. The number of aldehydes is 1. The van der Waals surface area contributed by atoms with Crippen LogP contribution in [0.25, 0.3) is 0 Å². The molecule has 0 spiro atoms. The van der Waals surface area contributed by atoms with Crippen LogP contribution in [0.2, 0.25) is 0 Å². The minimum absolute atomic E-state index is 0.359. The fraction of sp³-hybridized carbons (Fsp3) is 0.833. The standard InChI is InChI=1S/C6H14NOP/c1-3-7(9)6(2)4-5-8/h5-6H,3-4,9H2,1-2H3. The molecule has 0 saturated heterocycles. The Balaban J connectivity index is 3.44. The van der Waals surface area contributed by atoms with Gasteiger partial charge in [-0.25, -0.2) is 0 Å². The van der Waals surface area contributed by atoms with Gasteiger partial charge < -0.3 is 4.79 Å². The van der Waals surface area contributed by atoms with Gasteiger partial charge in [-0.15, -0.1) is 0 Å². The summed E-state index contributed by atoms with van der Waals surface area (Å²) < 4.78 is 2.06. The highest BCUT2D eigenvalue weighted by atomic mass is 31.0. The van der Waals surface area contributed by atoms with Crippen molar-refractivity contribution in [3.63, 3.8) is 0 Å². The lowest BCUT2D eigenvalue weighted by Crippen LogP contribution is -2.23. The van der Waals surface area contributed by atoms with Crippen molar-refractivity contribution >= 4 is 15.7 Å². The summed E-state index contributed by atoms with van der Waals surface area (Å²) >= 11 is 0. The maximum Gasteiger partial charge on any atom is 0.121 e. The fourth-order valence-electron chi connectivity index (χ4n) is 0.586. The molecule has 0 heterocycles. The summed E-state index contributed by atoms with van der Waals surface area (Å²) in [6.07, 6.45) is 1.58. The minimum Gasteiger partial charge on any atom is -0.303 e. The molecule has 0 rings (SSSR count). The molecule has 0 aromatic rings. The Morgan fingerprint density at radius 2 is 2.33 bits per heavy atom. The fourth-order valence-corrected chi connectivity index (χ4v) is 0.708. The van der Waals surface area contributed by atoms with E-state index in [2.05, 4.69) is 21.0 Å². The third-order valence-electron chi connectivity index (χ3n) is 1.37. The zero-order valence-electron chi connectivity index (χ0n) is 6.00. The lowest BCUT2D eigenvalue weighted by molar-refractivity contribution is -0.108. The molecular formula is C6H14NOP. The van der Waals surface area contributed by atoms with Crippen molar-refractivity contribution in [2.75, 3.05) is 6.54 Å². The molecule has 0 N–H and O–H groups in total. The van der Waals surface area contributed by atoms with Gasteiger partial charge in [0, 0.05) is 12.5 Å². The lowest BCUT2D eigenvalue weighted by atomic mass is 10.2. The largest absolute Gasteiger partial charge is 0.303 e. The van der Waals surface area contributed by atoms with E-state index in [1.165, 1.54) is 0 Å². The van der Waals surface area contributed by atoms with E-state index in [4.69, 9.17) is 0 Å². The molecule has 0 aromatic heterocycles. The van der Waals surface area contributed by atoms with Crippen molar-refractivity contribution in [1.82, 2.24) is 4.67 Å². The van der Waals surface area contributed by atoms with Gasteiger partial charge in [-0.1, -0.05) is 16.3 Å². The Hall–Kier alpha value is 0.0600. The van der Waals surface area contributed by atoms with Crippen molar-refractivity contribution in [2.24, 2.45) is 0 Å². The van der Waals surface area contributed by atoms with E-state index >= 15 is 0 Å². The SMILES string of the molecule is CCN(P)C(C)CC=O. The number of hydrogen-bond acceptors (Lipinski definition) is 2. The predicted molar refractivity (Wildman–Crippen MR) is 42.2 cm³/mol. The second-order valence-corrected chi connectivity index (χ2v) is 2.75. The molecule has 2 unspecified atom stereocenters. The quantitative estimate of drug-likeness (QED) is 0.438. The summed E-state index contributed by atoms with van der Waals surface area (Å²) in [5.41, 5.74) is 0. The van der Waals surface area contributed by atoms with Crippen LogP contribution in [0.15, 0.2) is 0 Å². The van der Waals surface area contributed by atoms with Gasteiger partial charge in [-0.2, -0.15) is 0 Å². The Kier molecular flexibility index (Phi) is 4.93. The molecule has 0 aliphatic rings. The van der Waals surface area contributed by atoms with Gasteiger partial charge in [-0.05, 0) is 13.5 Å². The lowest BCUT2D eigenvalue weighted by Gasteiger charge is -2.19. The number of nitrogens with zero attached hydrogens (tertiary/aromatic N) is 1. The van der Waals surface area contributed by atoms with Gasteiger partial charge >= 0.3 is 0 Å². The summed E-state index contributed by atoms with van der Waals surface area (Å²) in [5.74, 6) is 0. The van der Waals surface area contributed by atoms with E-state index in [0.29, 0.717) is 12.5 Å². The first kappa shape index (κ1) is 9.06. The van der Waals surface area contributed by atoms with Crippen molar-refractivity contribution in [3.05, 3.63) is 0 Å². The molecule has 9 heavy (non-hydrogen) atoms. The third kappa shape index (κ3) is 3.61. The maximum atomic E-state index is 10.00. The van der Waals surface area contributed by atoms with Crippen molar-refractivity contribution in [2.45, 2.75) is 26.3 Å². The Labute approximate surface area is 58.9 Å². The first-order valence-corrected chi connectivity index (χ1v) is 3.69. The number of rotatable bonds is 4. The highest BCUT2D eigenvalue weighted by Crippen LogP contribution is 2.06. The first-order chi connectivity index (χ1) is 4.22. The average Bonchev–Trinajstić information content (AvgIpc) is 1.87. The first-order valence-electron chi connectivity index (χ1n) is 3.17. The highest BCUT2D eigenvalue weighted by molar-refractivity contribution is 7.13.